The van der Waals surface area contributed by atoms with Gasteiger partial charge in [-0.3, -0.25) is 4.79 Å². The van der Waals surface area contributed by atoms with Gasteiger partial charge in [0.2, 0.25) is 5.91 Å². The Bertz CT molecular complexity index is 225. The minimum atomic E-state index is -1.62. The lowest BCUT2D eigenvalue weighted by Gasteiger charge is -2.38. The zero-order valence-electron chi connectivity index (χ0n) is 9.81. The minimum Gasteiger partial charge on any atom is -0.415 e. The van der Waals surface area contributed by atoms with Gasteiger partial charge in [-0.15, -0.1) is 0 Å². The van der Waals surface area contributed by atoms with Crippen LogP contribution in [0.25, 0.3) is 0 Å². The average molecular weight is 215 g/mol. The Morgan fingerprint density at radius 3 is 2.36 bits per heavy atom. The van der Waals surface area contributed by atoms with Gasteiger partial charge >= 0.3 is 0 Å². The third-order valence-corrected chi connectivity index (χ3v) is 7.75. The van der Waals surface area contributed by atoms with E-state index in [1.54, 1.807) is 0 Å². The number of β-lactam (4-membered cyclic amide) rings is 1. The monoisotopic (exact) mass is 215 g/mol. The van der Waals surface area contributed by atoms with Crippen molar-refractivity contribution in [3.63, 3.8) is 0 Å². The van der Waals surface area contributed by atoms with Crippen molar-refractivity contribution in [1.29, 1.82) is 0 Å². The van der Waals surface area contributed by atoms with Gasteiger partial charge in [0.15, 0.2) is 8.32 Å². The van der Waals surface area contributed by atoms with Crippen molar-refractivity contribution >= 4 is 14.2 Å². The zero-order valence-corrected chi connectivity index (χ0v) is 10.8. The molecule has 1 amide bonds. The van der Waals surface area contributed by atoms with Crippen LogP contribution in [-0.4, -0.2) is 26.9 Å². The Hall–Kier alpha value is -0.353. The second-order valence-electron chi connectivity index (χ2n) is 5.54. The first-order valence-corrected chi connectivity index (χ1v) is 8.06. The maximum atomic E-state index is 10.7. The Labute approximate surface area is 87.3 Å². The van der Waals surface area contributed by atoms with Crippen molar-refractivity contribution in [2.75, 3.05) is 6.61 Å². The molecule has 1 unspecified atom stereocenters. The first-order chi connectivity index (χ1) is 6.22. The van der Waals surface area contributed by atoms with E-state index >= 15 is 0 Å². The first-order valence-electron chi connectivity index (χ1n) is 5.16. The molecule has 0 spiro atoms. The highest BCUT2D eigenvalue weighted by atomic mass is 28.4. The van der Waals surface area contributed by atoms with E-state index in [0.717, 1.165) is 0 Å². The normalized spacial score (nSPS) is 22.9. The fourth-order valence-electron chi connectivity index (χ4n) is 1.06. The molecule has 0 radical (unpaired) electrons. The average Bonchev–Trinajstić information content (AvgIpc) is 1.93. The van der Waals surface area contributed by atoms with E-state index in [4.69, 9.17) is 4.43 Å². The van der Waals surface area contributed by atoms with Gasteiger partial charge < -0.3 is 9.74 Å². The van der Waals surface area contributed by atoms with E-state index in [1.807, 2.05) is 0 Å². The Morgan fingerprint density at radius 2 is 2.00 bits per heavy atom. The summed E-state index contributed by atoms with van der Waals surface area (Å²) in [6.45, 7) is 11.8. The molecule has 14 heavy (non-hydrogen) atoms. The lowest BCUT2D eigenvalue weighted by atomic mass is 10.1. The standard InChI is InChI=1S/C10H21NO2Si/c1-10(2,3)14(4,5)13-7-8-6-9(12)11-8/h8H,6-7H2,1-5H3,(H,11,12). The highest BCUT2D eigenvalue weighted by Crippen LogP contribution is 2.36. The predicted octanol–water partition coefficient (Wildman–Crippen LogP) is 1.90. The van der Waals surface area contributed by atoms with Crippen molar-refractivity contribution in [1.82, 2.24) is 5.32 Å². The lowest BCUT2D eigenvalue weighted by Crippen LogP contribution is -2.53. The number of amides is 1. The van der Waals surface area contributed by atoms with Crippen LogP contribution in [-0.2, 0) is 9.22 Å². The number of hydrogen-bond donors (Lipinski definition) is 1. The molecule has 1 heterocycles. The van der Waals surface area contributed by atoms with Gasteiger partial charge in [0.05, 0.1) is 12.6 Å². The molecule has 1 aliphatic heterocycles. The molecule has 0 aliphatic carbocycles. The molecule has 0 aromatic carbocycles. The van der Waals surface area contributed by atoms with Crippen molar-refractivity contribution in [3.8, 4) is 0 Å². The van der Waals surface area contributed by atoms with Crippen LogP contribution < -0.4 is 5.32 Å². The molecule has 1 fully saturated rings. The van der Waals surface area contributed by atoms with Crippen LogP contribution in [0.3, 0.4) is 0 Å². The lowest BCUT2D eigenvalue weighted by molar-refractivity contribution is -0.128. The number of carbonyl (C=O) groups is 1. The first kappa shape index (κ1) is 11.7. The van der Waals surface area contributed by atoms with Crippen LogP contribution in [0.5, 0.6) is 0 Å². The topological polar surface area (TPSA) is 38.3 Å². The smallest absolute Gasteiger partial charge is 0.222 e. The molecule has 1 atom stereocenters. The molecule has 0 aromatic rings. The fraction of sp³-hybridized carbons (Fsp3) is 0.900. The molecule has 0 bridgehead atoms. The van der Waals surface area contributed by atoms with E-state index < -0.39 is 8.32 Å². The van der Waals surface area contributed by atoms with Crippen molar-refractivity contribution in [2.45, 2.75) is 51.4 Å². The van der Waals surface area contributed by atoms with Gasteiger partial charge in [-0.25, -0.2) is 0 Å². The van der Waals surface area contributed by atoms with Crippen LogP contribution in [0.1, 0.15) is 27.2 Å². The summed E-state index contributed by atoms with van der Waals surface area (Å²) in [5, 5.41) is 3.08. The number of hydrogen-bond acceptors (Lipinski definition) is 2. The molecular weight excluding hydrogens is 194 g/mol. The SMILES string of the molecule is CC(C)(C)[Si](C)(C)OCC1CC(=O)N1. The summed E-state index contributed by atoms with van der Waals surface area (Å²) in [5.74, 6) is 0.147. The third kappa shape index (κ3) is 2.57. The number of rotatable bonds is 3. The minimum absolute atomic E-state index is 0.147. The maximum absolute atomic E-state index is 10.7. The second-order valence-corrected chi connectivity index (χ2v) is 10.3. The molecular formula is C10H21NO2Si. The summed E-state index contributed by atoms with van der Waals surface area (Å²) >= 11 is 0. The van der Waals surface area contributed by atoms with Crippen LogP contribution in [0, 0.1) is 0 Å². The summed E-state index contributed by atoms with van der Waals surface area (Å²) in [6, 6.07) is 0.261. The second kappa shape index (κ2) is 3.66. The van der Waals surface area contributed by atoms with Gasteiger partial charge in [0.1, 0.15) is 0 Å². The van der Waals surface area contributed by atoms with Gasteiger partial charge in [-0.05, 0) is 18.1 Å². The van der Waals surface area contributed by atoms with Gasteiger partial charge in [0, 0.05) is 6.42 Å². The van der Waals surface area contributed by atoms with Crippen molar-refractivity contribution in [3.05, 3.63) is 0 Å². The van der Waals surface area contributed by atoms with Crippen LogP contribution in [0.4, 0.5) is 0 Å². The quantitative estimate of drug-likeness (QED) is 0.577. The van der Waals surface area contributed by atoms with E-state index in [-0.39, 0.29) is 17.0 Å². The van der Waals surface area contributed by atoms with E-state index in [2.05, 4.69) is 39.2 Å². The maximum Gasteiger partial charge on any atom is 0.222 e. The molecule has 1 rings (SSSR count). The summed E-state index contributed by atoms with van der Waals surface area (Å²) in [6.07, 6.45) is 0.634. The van der Waals surface area contributed by atoms with E-state index in [1.165, 1.54) is 0 Å². The highest BCUT2D eigenvalue weighted by Gasteiger charge is 2.38. The zero-order chi connectivity index (χ0) is 11.0. The predicted molar refractivity (Wildman–Crippen MR) is 59.7 cm³/mol. The van der Waals surface area contributed by atoms with Crippen molar-refractivity contribution < 1.29 is 9.22 Å². The Morgan fingerprint density at radius 1 is 1.50 bits per heavy atom. The Kier molecular flexibility index (Phi) is 3.06. The molecule has 3 nitrogen and oxygen atoms in total. The van der Waals surface area contributed by atoms with Gasteiger partial charge in [0.25, 0.3) is 0 Å². The van der Waals surface area contributed by atoms with E-state index in [9.17, 15) is 4.79 Å². The van der Waals surface area contributed by atoms with Crippen LogP contribution in [0.15, 0.2) is 0 Å². The highest BCUT2D eigenvalue weighted by molar-refractivity contribution is 6.74. The third-order valence-electron chi connectivity index (χ3n) is 3.25. The molecule has 82 valence electrons. The fourth-order valence-corrected chi connectivity index (χ4v) is 2.11. The van der Waals surface area contributed by atoms with Crippen LogP contribution >= 0.6 is 0 Å². The molecule has 0 aromatic heterocycles. The van der Waals surface area contributed by atoms with Gasteiger partial charge in [-0.1, -0.05) is 20.8 Å². The molecule has 1 saturated heterocycles. The summed E-state index contributed by atoms with van der Waals surface area (Å²) in [4.78, 5) is 10.7. The molecule has 0 saturated carbocycles. The Balaban J connectivity index is 2.33. The summed E-state index contributed by atoms with van der Waals surface area (Å²) in [5.41, 5.74) is 0. The largest absolute Gasteiger partial charge is 0.415 e. The number of nitrogens with one attached hydrogen (secondary N) is 1. The van der Waals surface area contributed by atoms with Crippen LogP contribution in [0.2, 0.25) is 18.1 Å². The van der Waals surface area contributed by atoms with Gasteiger partial charge in [-0.2, -0.15) is 0 Å². The molecule has 1 N–H and O–H groups in total. The molecule has 4 heteroatoms. The molecule has 1 aliphatic rings. The van der Waals surface area contributed by atoms with Crippen molar-refractivity contribution in [2.24, 2.45) is 0 Å². The number of carbonyl (C=O) groups excluding carboxylic acids is 1. The summed E-state index contributed by atoms with van der Waals surface area (Å²) < 4.78 is 5.97. The van der Waals surface area contributed by atoms with E-state index in [0.29, 0.717) is 13.0 Å². The summed E-state index contributed by atoms with van der Waals surface area (Å²) in [7, 11) is -1.62.